The number of hydrogen-bond acceptors (Lipinski definition) is 2. The Bertz CT molecular complexity index is 741. The predicted octanol–water partition coefficient (Wildman–Crippen LogP) is 4.63. The summed E-state index contributed by atoms with van der Waals surface area (Å²) < 4.78 is 28.8. The van der Waals surface area contributed by atoms with Gasteiger partial charge in [0, 0.05) is 8.95 Å². The number of sulfonamides is 1. The van der Waals surface area contributed by atoms with Gasteiger partial charge in [0.2, 0.25) is 0 Å². The Labute approximate surface area is 135 Å². The van der Waals surface area contributed by atoms with Crippen LogP contribution >= 0.6 is 31.9 Å². The fourth-order valence-corrected chi connectivity index (χ4v) is 3.75. The van der Waals surface area contributed by atoms with E-state index in [-0.39, 0.29) is 4.90 Å². The van der Waals surface area contributed by atoms with Crippen LogP contribution in [-0.2, 0) is 10.0 Å². The van der Waals surface area contributed by atoms with Crippen LogP contribution in [0.15, 0.2) is 50.2 Å². The van der Waals surface area contributed by atoms with Crippen molar-refractivity contribution in [1.29, 1.82) is 0 Å². The van der Waals surface area contributed by atoms with E-state index in [0.29, 0.717) is 10.2 Å². The van der Waals surface area contributed by atoms with E-state index in [2.05, 4.69) is 36.6 Å². The molecule has 0 aliphatic heterocycles. The first-order valence-electron chi connectivity index (χ1n) is 5.85. The minimum Gasteiger partial charge on any atom is -0.278 e. The number of hydrogen-bond donors (Lipinski definition) is 1. The van der Waals surface area contributed by atoms with Gasteiger partial charge in [-0.25, -0.2) is 8.42 Å². The molecule has 0 radical (unpaired) electrons. The second-order valence-electron chi connectivity index (χ2n) is 4.50. The summed E-state index contributed by atoms with van der Waals surface area (Å²) in [5.41, 5.74) is 2.54. The van der Waals surface area contributed by atoms with E-state index in [1.54, 1.807) is 30.3 Å². The summed E-state index contributed by atoms with van der Waals surface area (Å²) in [6, 6.07) is 10.3. The molecule has 2 aromatic rings. The van der Waals surface area contributed by atoms with Crippen LogP contribution in [0, 0.1) is 13.8 Å². The zero-order chi connectivity index (χ0) is 14.9. The van der Waals surface area contributed by atoms with Gasteiger partial charge in [0.15, 0.2) is 0 Å². The van der Waals surface area contributed by atoms with Gasteiger partial charge in [-0.15, -0.1) is 0 Å². The van der Waals surface area contributed by atoms with Crippen molar-refractivity contribution in [2.45, 2.75) is 18.7 Å². The quantitative estimate of drug-likeness (QED) is 0.789. The minimum absolute atomic E-state index is 0.242. The van der Waals surface area contributed by atoms with Gasteiger partial charge in [-0.3, -0.25) is 4.72 Å². The fraction of sp³-hybridized carbons (Fsp3) is 0.143. The van der Waals surface area contributed by atoms with Crippen LogP contribution in [0.5, 0.6) is 0 Å². The molecule has 0 amide bonds. The van der Waals surface area contributed by atoms with Crippen LogP contribution < -0.4 is 4.72 Å². The highest BCUT2D eigenvalue weighted by molar-refractivity contribution is 9.11. The van der Waals surface area contributed by atoms with E-state index >= 15 is 0 Å². The molecule has 0 fully saturated rings. The van der Waals surface area contributed by atoms with Gasteiger partial charge in [-0.2, -0.15) is 0 Å². The molecule has 20 heavy (non-hydrogen) atoms. The van der Waals surface area contributed by atoms with Crippen molar-refractivity contribution in [3.8, 4) is 0 Å². The molecule has 0 saturated heterocycles. The molecule has 2 rings (SSSR count). The lowest BCUT2D eigenvalue weighted by molar-refractivity contribution is 0.601. The molecule has 0 atom stereocenters. The van der Waals surface area contributed by atoms with Crippen LogP contribution in [0.2, 0.25) is 0 Å². The number of halogens is 2. The molecule has 0 aliphatic carbocycles. The Morgan fingerprint density at radius 1 is 0.950 bits per heavy atom. The van der Waals surface area contributed by atoms with E-state index in [1.165, 1.54) is 0 Å². The van der Waals surface area contributed by atoms with E-state index in [0.717, 1.165) is 15.6 Å². The van der Waals surface area contributed by atoms with Crippen molar-refractivity contribution in [3.63, 3.8) is 0 Å². The van der Waals surface area contributed by atoms with Gasteiger partial charge in [0.05, 0.1) is 10.6 Å². The van der Waals surface area contributed by atoms with Crippen LogP contribution in [0.4, 0.5) is 5.69 Å². The largest absolute Gasteiger partial charge is 0.278 e. The summed E-state index contributed by atoms with van der Waals surface area (Å²) in [4.78, 5) is 0.242. The lowest BCUT2D eigenvalue weighted by Gasteiger charge is -2.11. The molecule has 1 N–H and O–H groups in total. The highest BCUT2D eigenvalue weighted by Crippen LogP contribution is 2.31. The second-order valence-corrected chi connectivity index (χ2v) is 7.89. The van der Waals surface area contributed by atoms with Gasteiger partial charge < -0.3 is 0 Å². The zero-order valence-corrected chi connectivity index (χ0v) is 14.9. The zero-order valence-electron chi connectivity index (χ0n) is 10.9. The lowest BCUT2D eigenvalue weighted by atomic mass is 10.2. The van der Waals surface area contributed by atoms with Gasteiger partial charge in [-0.05, 0) is 59.6 Å². The minimum atomic E-state index is -3.58. The summed E-state index contributed by atoms with van der Waals surface area (Å²) in [5.74, 6) is 0. The first-order chi connectivity index (χ1) is 9.29. The monoisotopic (exact) mass is 417 g/mol. The maximum Gasteiger partial charge on any atom is 0.261 e. The molecular formula is C14H13Br2NO2S. The van der Waals surface area contributed by atoms with Crippen molar-refractivity contribution in [3.05, 3.63) is 56.5 Å². The highest BCUT2D eigenvalue weighted by atomic mass is 79.9. The summed E-state index contributed by atoms with van der Waals surface area (Å²) in [7, 11) is -3.58. The third-order valence-electron chi connectivity index (χ3n) is 2.82. The average molecular weight is 419 g/mol. The third-order valence-corrected chi connectivity index (χ3v) is 5.72. The molecule has 0 spiro atoms. The lowest BCUT2D eigenvalue weighted by Crippen LogP contribution is -2.13. The van der Waals surface area contributed by atoms with Gasteiger partial charge >= 0.3 is 0 Å². The van der Waals surface area contributed by atoms with Gasteiger partial charge in [-0.1, -0.05) is 33.6 Å². The summed E-state index contributed by atoms with van der Waals surface area (Å²) >= 11 is 6.77. The number of benzene rings is 2. The predicted molar refractivity (Wildman–Crippen MR) is 88.6 cm³/mol. The Kier molecular flexibility index (Phi) is 4.56. The van der Waals surface area contributed by atoms with Crippen molar-refractivity contribution in [2.75, 3.05) is 4.72 Å². The van der Waals surface area contributed by atoms with Crippen molar-refractivity contribution in [2.24, 2.45) is 0 Å². The summed E-state index contributed by atoms with van der Waals surface area (Å²) in [6.07, 6.45) is 0. The highest BCUT2D eigenvalue weighted by Gasteiger charge is 2.16. The number of nitrogens with one attached hydrogen (secondary N) is 1. The standard InChI is InChI=1S/C14H13Br2NO2S/c1-9-3-5-11(6-4-9)20(18,19)17-14-8-12(15)10(2)7-13(14)16/h3-8,17H,1-2H3. The molecular weight excluding hydrogens is 406 g/mol. The molecule has 106 valence electrons. The molecule has 0 bridgehead atoms. The van der Waals surface area contributed by atoms with Gasteiger partial charge in [0.1, 0.15) is 0 Å². The molecule has 6 heteroatoms. The van der Waals surface area contributed by atoms with Crippen molar-refractivity contribution < 1.29 is 8.42 Å². The molecule has 0 saturated carbocycles. The van der Waals surface area contributed by atoms with Crippen molar-refractivity contribution in [1.82, 2.24) is 0 Å². The molecule has 0 unspecified atom stereocenters. The summed E-state index contributed by atoms with van der Waals surface area (Å²) in [5, 5.41) is 0. The third kappa shape index (κ3) is 3.42. The molecule has 0 heterocycles. The number of anilines is 1. The number of aryl methyl sites for hydroxylation is 2. The SMILES string of the molecule is Cc1ccc(S(=O)(=O)Nc2cc(Br)c(C)cc2Br)cc1. The fourth-order valence-electron chi connectivity index (χ4n) is 1.65. The van der Waals surface area contributed by atoms with Crippen LogP contribution in [0.1, 0.15) is 11.1 Å². The van der Waals surface area contributed by atoms with E-state index in [1.807, 2.05) is 19.9 Å². The first kappa shape index (κ1) is 15.5. The van der Waals surface area contributed by atoms with E-state index in [9.17, 15) is 8.42 Å². The second kappa shape index (κ2) is 5.87. The Hall–Kier alpha value is -0.850. The van der Waals surface area contributed by atoms with Crippen LogP contribution in [0.25, 0.3) is 0 Å². The average Bonchev–Trinajstić information content (AvgIpc) is 2.36. The maximum absolute atomic E-state index is 12.3. The number of rotatable bonds is 3. The van der Waals surface area contributed by atoms with Crippen LogP contribution in [0.3, 0.4) is 0 Å². The summed E-state index contributed by atoms with van der Waals surface area (Å²) in [6.45, 7) is 3.85. The smallest absolute Gasteiger partial charge is 0.261 e. The van der Waals surface area contributed by atoms with Crippen molar-refractivity contribution >= 4 is 47.6 Å². The topological polar surface area (TPSA) is 46.2 Å². The molecule has 0 aliphatic rings. The van der Waals surface area contributed by atoms with Crippen LogP contribution in [-0.4, -0.2) is 8.42 Å². The first-order valence-corrected chi connectivity index (χ1v) is 8.91. The Morgan fingerprint density at radius 3 is 2.15 bits per heavy atom. The van der Waals surface area contributed by atoms with Gasteiger partial charge in [0.25, 0.3) is 10.0 Å². The molecule has 0 aromatic heterocycles. The Balaban J connectivity index is 2.38. The Morgan fingerprint density at radius 2 is 1.55 bits per heavy atom. The maximum atomic E-state index is 12.3. The molecule has 2 aromatic carbocycles. The van der Waals surface area contributed by atoms with E-state index < -0.39 is 10.0 Å². The molecule has 3 nitrogen and oxygen atoms in total. The van der Waals surface area contributed by atoms with E-state index in [4.69, 9.17) is 0 Å². The normalized spacial score (nSPS) is 11.4.